The molecule has 0 aromatic heterocycles. The molecule has 4 aromatic rings. The van der Waals surface area contributed by atoms with Gasteiger partial charge in [-0.2, -0.15) is 0 Å². The average molecular weight is 488 g/mol. The van der Waals surface area contributed by atoms with Gasteiger partial charge in [-0.15, -0.1) is 0 Å². The number of para-hydroxylation sites is 2. The molecule has 0 aliphatic carbocycles. The van der Waals surface area contributed by atoms with Crippen LogP contribution in [0.1, 0.15) is 92.0 Å². The number of nitrogens with zero attached hydrogens (tertiary/aromatic N) is 1. The Bertz CT molecular complexity index is 1440. The summed E-state index contributed by atoms with van der Waals surface area (Å²) in [7, 11) is 0. The largest absolute Gasteiger partial charge is 0.310 e. The van der Waals surface area contributed by atoms with Crippen molar-refractivity contribution in [1.82, 2.24) is 0 Å². The minimum atomic E-state index is -0.0205. The molecule has 0 fully saturated rings. The molecule has 4 aromatic carbocycles. The summed E-state index contributed by atoms with van der Waals surface area (Å²) in [5.41, 5.74) is 15.1. The summed E-state index contributed by atoms with van der Waals surface area (Å²) in [4.78, 5) is 2.49. The van der Waals surface area contributed by atoms with Crippen LogP contribution in [0.25, 0.3) is 0 Å². The molecule has 190 valence electrons. The first-order chi connectivity index (χ1) is 17.4. The molecule has 1 heteroatoms. The fourth-order valence-corrected chi connectivity index (χ4v) is 6.55. The lowest BCUT2D eigenvalue weighted by atomic mass is 9.66. The lowest BCUT2D eigenvalue weighted by Gasteiger charge is -2.43. The number of anilines is 3. The van der Waals surface area contributed by atoms with Gasteiger partial charge in [0.05, 0.1) is 11.4 Å². The van der Waals surface area contributed by atoms with E-state index in [-0.39, 0.29) is 16.7 Å². The minimum absolute atomic E-state index is 0.0205. The first-order valence-electron chi connectivity index (χ1n) is 13.6. The summed E-state index contributed by atoms with van der Waals surface area (Å²) in [6.45, 7) is 21.0. The van der Waals surface area contributed by atoms with E-state index < -0.39 is 0 Å². The van der Waals surface area contributed by atoms with Crippen molar-refractivity contribution in [2.24, 2.45) is 0 Å². The van der Waals surface area contributed by atoms with Crippen molar-refractivity contribution in [3.05, 3.63) is 123 Å². The van der Waals surface area contributed by atoms with E-state index in [1.54, 1.807) is 0 Å². The predicted molar refractivity (Wildman–Crippen MR) is 160 cm³/mol. The van der Waals surface area contributed by atoms with Gasteiger partial charge < -0.3 is 4.90 Å². The monoisotopic (exact) mass is 487 g/mol. The van der Waals surface area contributed by atoms with Crippen molar-refractivity contribution in [3.63, 3.8) is 0 Å². The van der Waals surface area contributed by atoms with Crippen LogP contribution in [0.3, 0.4) is 0 Å². The van der Waals surface area contributed by atoms with E-state index in [0.29, 0.717) is 0 Å². The maximum absolute atomic E-state index is 2.49. The van der Waals surface area contributed by atoms with Gasteiger partial charge in [0.15, 0.2) is 0 Å². The van der Waals surface area contributed by atoms with Crippen LogP contribution >= 0.6 is 0 Å². The minimum Gasteiger partial charge on any atom is -0.310 e. The van der Waals surface area contributed by atoms with Crippen molar-refractivity contribution in [2.45, 2.75) is 79.1 Å². The van der Waals surface area contributed by atoms with Crippen LogP contribution in [0.5, 0.6) is 0 Å². The number of benzene rings is 4. The number of rotatable bonds is 2. The van der Waals surface area contributed by atoms with E-state index in [1.807, 2.05) is 0 Å². The molecule has 0 saturated carbocycles. The van der Waals surface area contributed by atoms with Crippen molar-refractivity contribution < 1.29 is 0 Å². The highest BCUT2D eigenvalue weighted by Crippen LogP contribution is 2.56. The maximum Gasteiger partial charge on any atom is 0.0506 e. The van der Waals surface area contributed by atoms with E-state index in [9.17, 15) is 0 Å². The normalized spacial score (nSPS) is 15.4. The Labute approximate surface area is 224 Å². The highest BCUT2D eigenvalue weighted by molar-refractivity contribution is 5.87. The fraction of sp³-hybridized carbons (Fsp3) is 0.333. The summed E-state index contributed by atoms with van der Waals surface area (Å²) in [5.74, 6) is 0.170. The Hall–Kier alpha value is -3.32. The van der Waals surface area contributed by atoms with Crippen LogP contribution < -0.4 is 4.90 Å². The first-order valence-corrected chi connectivity index (χ1v) is 13.6. The standard InChI is InChI=1S/C36H41N/c1-23-21-24(2)31(25(3)22-23)32-27-17-13-14-18-29(27)37(26-15-11-10-12-16-26)30-20-19-28(35(4,5)6)34(33(30)32)36(7,8)9/h10-22,32H,1-9H3. The molecule has 1 aliphatic rings. The number of fused-ring (bicyclic) bond motifs is 2. The Balaban J connectivity index is 1.98. The Morgan fingerprint density at radius 2 is 1.19 bits per heavy atom. The van der Waals surface area contributed by atoms with Gasteiger partial charge in [-0.3, -0.25) is 0 Å². The fourth-order valence-electron chi connectivity index (χ4n) is 6.55. The second kappa shape index (κ2) is 8.91. The van der Waals surface area contributed by atoms with Gasteiger partial charge in [0.2, 0.25) is 0 Å². The molecule has 0 saturated heterocycles. The molecule has 1 unspecified atom stereocenters. The van der Waals surface area contributed by atoms with Crippen molar-refractivity contribution >= 4 is 17.1 Å². The zero-order chi connectivity index (χ0) is 26.7. The molecular weight excluding hydrogens is 446 g/mol. The molecule has 5 rings (SSSR count). The third-order valence-electron chi connectivity index (χ3n) is 7.84. The zero-order valence-electron chi connectivity index (χ0n) is 24.0. The summed E-state index contributed by atoms with van der Waals surface area (Å²) in [6.07, 6.45) is 0. The van der Waals surface area contributed by atoms with Crippen LogP contribution in [0.2, 0.25) is 0 Å². The van der Waals surface area contributed by atoms with Gasteiger partial charge in [-0.1, -0.05) is 102 Å². The van der Waals surface area contributed by atoms with Gasteiger partial charge in [0.1, 0.15) is 0 Å². The molecule has 0 amide bonds. The van der Waals surface area contributed by atoms with E-state index >= 15 is 0 Å². The SMILES string of the molecule is Cc1cc(C)c(C2c3ccccc3N(c3ccccc3)c3ccc(C(C)(C)C)c(C(C)(C)C)c32)c(C)c1. The molecule has 1 nitrogen and oxygen atoms in total. The molecule has 1 heterocycles. The zero-order valence-corrected chi connectivity index (χ0v) is 24.0. The number of hydrogen-bond donors (Lipinski definition) is 0. The predicted octanol–water partition coefficient (Wildman–Crippen LogP) is 10.2. The summed E-state index contributed by atoms with van der Waals surface area (Å²) >= 11 is 0. The molecule has 0 bridgehead atoms. The lowest BCUT2D eigenvalue weighted by Crippen LogP contribution is -2.30. The third-order valence-corrected chi connectivity index (χ3v) is 7.84. The Morgan fingerprint density at radius 1 is 0.595 bits per heavy atom. The van der Waals surface area contributed by atoms with Gasteiger partial charge in [-0.25, -0.2) is 0 Å². The molecule has 0 spiro atoms. The van der Waals surface area contributed by atoms with Gasteiger partial charge in [0.25, 0.3) is 0 Å². The molecule has 37 heavy (non-hydrogen) atoms. The Morgan fingerprint density at radius 3 is 1.78 bits per heavy atom. The first kappa shape index (κ1) is 25.3. The summed E-state index contributed by atoms with van der Waals surface area (Å²) in [5, 5.41) is 0. The lowest BCUT2D eigenvalue weighted by molar-refractivity contribution is 0.523. The second-order valence-corrected chi connectivity index (χ2v) is 12.9. The molecule has 0 N–H and O–H groups in total. The van der Waals surface area contributed by atoms with E-state index in [2.05, 4.69) is 146 Å². The highest BCUT2D eigenvalue weighted by Gasteiger charge is 2.40. The molecule has 1 atom stereocenters. The molecule has 0 radical (unpaired) electrons. The van der Waals surface area contributed by atoms with Crippen LogP contribution in [0.4, 0.5) is 17.1 Å². The van der Waals surface area contributed by atoms with Crippen LogP contribution in [0, 0.1) is 20.8 Å². The maximum atomic E-state index is 2.49. The smallest absolute Gasteiger partial charge is 0.0506 e. The van der Waals surface area contributed by atoms with Crippen molar-refractivity contribution in [2.75, 3.05) is 4.90 Å². The summed E-state index contributed by atoms with van der Waals surface area (Å²) in [6, 6.07) is 29.4. The van der Waals surface area contributed by atoms with Crippen molar-refractivity contribution in [1.29, 1.82) is 0 Å². The molecule has 1 aliphatic heterocycles. The molecular formula is C36H41N. The van der Waals surface area contributed by atoms with E-state index in [0.717, 1.165) is 0 Å². The third kappa shape index (κ3) is 4.29. The van der Waals surface area contributed by atoms with Crippen molar-refractivity contribution in [3.8, 4) is 0 Å². The van der Waals surface area contributed by atoms with Gasteiger partial charge in [0, 0.05) is 11.6 Å². The quantitative estimate of drug-likeness (QED) is 0.239. The van der Waals surface area contributed by atoms with Crippen LogP contribution in [-0.4, -0.2) is 0 Å². The van der Waals surface area contributed by atoms with Gasteiger partial charge in [-0.05, 0) is 94.8 Å². The topological polar surface area (TPSA) is 3.24 Å². The van der Waals surface area contributed by atoms with Crippen LogP contribution in [-0.2, 0) is 10.8 Å². The second-order valence-electron chi connectivity index (χ2n) is 12.9. The highest BCUT2D eigenvalue weighted by atomic mass is 15.2. The summed E-state index contributed by atoms with van der Waals surface area (Å²) < 4.78 is 0. The van der Waals surface area contributed by atoms with E-state index in [4.69, 9.17) is 0 Å². The average Bonchev–Trinajstić information content (AvgIpc) is 2.81. The Kier molecular flexibility index (Phi) is 6.10. The van der Waals surface area contributed by atoms with Crippen LogP contribution in [0.15, 0.2) is 78.9 Å². The van der Waals surface area contributed by atoms with E-state index in [1.165, 1.54) is 61.6 Å². The number of aryl methyl sites for hydroxylation is 3. The van der Waals surface area contributed by atoms with Gasteiger partial charge >= 0.3 is 0 Å². The number of hydrogen-bond acceptors (Lipinski definition) is 1.